The number of ether oxygens (including phenoxy) is 1. The third-order valence-corrected chi connectivity index (χ3v) is 5.13. The number of hydrogen-bond donors (Lipinski definition) is 0. The van der Waals surface area contributed by atoms with Crippen LogP contribution in [0, 0.1) is 0 Å². The van der Waals surface area contributed by atoms with Gasteiger partial charge in [0.1, 0.15) is 0 Å². The van der Waals surface area contributed by atoms with E-state index in [1.54, 1.807) is 19.3 Å². The minimum Gasteiger partial charge on any atom is -0.481 e. The van der Waals surface area contributed by atoms with Gasteiger partial charge >= 0.3 is 0 Å². The second-order valence-corrected chi connectivity index (χ2v) is 6.49. The van der Waals surface area contributed by atoms with Crippen molar-refractivity contribution in [1.29, 1.82) is 0 Å². The van der Waals surface area contributed by atoms with E-state index in [9.17, 15) is 8.42 Å². The number of aromatic nitrogens is 1. The maximum atomic E-state index is 12.0. The predicted molar refractivity (Wildman–Crippen MR) is 64.2 cm³/mol. The van der Waals surface area contributed by atoms with Crippen LogP contribution in [0.25, 0.3) is 0 Å². The molecule has 1 fully saturated rings. The van der Waals surface area contributed by atoms with E-state index in [1.807, 2.05) is 6.07 Å². The van der Waals surface area contributed by atoms with E-state index < -0.39 is 10.0 Å². The van der Waals surface area contributed by atoms with Crippen molar-refractivity contribution in [3.05, 3.63) is 23.9 Å². The average Bonchev–Trinajstić information content (AvgIpc) is 3.13. The van der Waals surface area contributed by atoms with E-state index in [-0.39, 0.29) is 5.25 Å². The van der Waals surface area contributed by atoms with Crippen molar-refractivity contribution in [3.8, 4) is 5.88 Å². The molecule has 0 bridgehead atoms. The highest BCUT2D eigenvalue weighted by Gasteiger charge is 2.38. The van der Waals surface area contributed by atoms with Crippen LogP contribution in [0.2, 0.25) is 0 Å². The predicted octanol–water partition coefficient (Wildman–Crippen LogP) is 1.01. The van der Waals surface area contributed by atoms with E-state index >= 15 is 0 Å². The van der Waals surface area contributed by atoms with Crippen LogP contribution in [0.3, 0.4) is 0 Å². The molecule has 0 aliphatic heterocycles. The topological polar surface area (TPSA) is 59.5 Å². The number of rotatable bonds is 5. The molecule has 0 saturated heterocycles. The summed E-state index contributed by atoms with van der Waals surface area (Å²) in [4.78, 5) is 4.05. The van der Waals surface area contributed by atoms with Gasteiger partial charge in [-0.2, -0.15) is 0 Å². The van der Waals surface area contributed by atoms with E-state index in [4.69, 9.17) is 4.74 Å². The van der Waals surface area contributed by atoms with Crippen LogP contribution in [0.5, 0.6) is 5.88 Å². The average molecular weight is 256 g/mol. The fraction of sp³-hybridized carbons (Fsp3) is 0.545. The van der Waals surface area contributed by atoms with Crippen LogP contribution in [-0.4, -0.2) is 37.1 Å². The molecule has 6 heteroatoms. The van der Waals surface area contributed by atoms with Crippen LogP contribution in [0.4, 0.5) is 0 Å². The molecule has 1 saturated carbocycles. The van der Waals surface area contributed by atoms with Crippen molar-refractivity contribution < 1.29 is 13.2 Å². The van der Waals surface area contributed by atoms with E-state index in [2.05, 4.69) is 4.98 Å². The summed E-state index contributed by atoms with van der Waals surface area (Å²) in [7, 11) is -0.0127. The molecule has 1 aliphatic carbocycles. The Hall–Kier alpha value is -1.14. The van der Waals surface area contributed by atoms with Gasteiger partial charge in [-0.05, 0) is 18.9 Å². The Morgan fingerprint density at radius 3 is 2.82 bits per heavy atom. The second kappa shape index (κ2) is 4.62. The van der Waals surface area contributed by atoms with Gasteiger partial charge in [-0.25, -0.2) is 17.7 Å². The van der Waals surface area contributed by atoms with Gasteiger partial charge in [0.2, 0.25) is 15.9 Å². The van der Waals surface area contributed by atoms with Crippen LogP contribution < -0.4 is 4.74 Å². The number of nitrogens with zero attached hydrogens (tertiary/aromatic N) is 2. The molecule has 0 radical (unpaired) electrons. The zero-order chi connectivity index (χ0) is 12.5. The van der Waals surface area contributed by atoms with Crippen LogP contribution >= 0.6 is 0 Å². The summed E-state index contributed by atoms with van der Waals surface area (Å²) < 4.78 is 30.4. The van der Waals surface area contributed by atoms with Gasteiger partial charge in [0.25, 0.3) is 0 Å². The molecule has 2 rings (SSSR count). The summed E-state index contributed by atoms with van der Waals surface area (Å²) in [5.74, 6) is 0.477. The molecule has 17 heavy (non-hydrogen) atoms. The summed E-state index contributed by atoms with van der Waals surface area (Å²) in [6.45, 7) is 0.301. The smallest absolute Gasteiger partial charge is 0.217 e. The van der Waals surface area contributed by atoms with Gasteiger partial charge in [-0.15, -0.1) is 0 Å². The number of methoxy groups -OCH3 is 1. The Labute approximate surface area is 101 Å². The largest absolute Gasteiger partial charge is 0.481 e. The van der Waals surface area contributed by atoms with Gasteiger partial charge in [-0.1, -0.05) is 6.07 Å². The van der Waals surface area contributed by atoms with Gasteiger partial charge in [0.15, 0.2) is 0 Å². The molecule has 94 valence electrons. The van der Waals surface area contributed by atoms with Crippen molar-refractivity contribution in [2.45, 2.75) is 24.6 Å². The fourth-order valence-electron chi connectivity index (χ4n) is 1.68. The third kappa shape index (κ3) is 2.58. The lowest BCUT2D eigenvalue weighted by Gasteiger charge is -2.17. The van der Waals surface area contributed by atoms with Crippen molar-refractivity contribution >= 4 is 10.0 Å². The Bertz CT molecular complexity index is 497. The summed E-state index contributed by atoms with van der Waals surface area (Å²) >= 11 is 0. The first kappa shape index (κ1) is 12.3. The minimum atomic E-state index is -3.14. The SMILES string of the molecule is COc1ncccc1CN(C)S(=O)(=O)C1CC1. The molecule has 1 aromatic rings. The van der Waals surface area contributed by atoms with Crippen LogP contribution in [0.1, 0.15) is 18.4 Å². The molecule has 0 atom stereocenters. The normalized spacial score (nSPS) is 16.2. The Balaban J connectivity index is 2.15. The molecule has 0 N–H and O–H groups in total. The van der Waals surface area contributed by atoms with Gasteiger partial charge in [-0.3, -0.25) is 0 Å². The fourth-order valence-corrected chi connectivity index (χ4v) is 3.24. The van der Waals surface area contributed by atoms with Gasteiger partial charge < -0.3 is 4.74 Å². The Morgan fingerprint density at radius 2 is 2.24 bits per heavy atom. The molecule has 1 aliphatic rings. The molecular formula is C11H16N2O3S. The third-order valence-electron chi connectivity index (χ3n) is 2.82. The second-order valence-electron chi connectivity index (χ2n) is 4.17. The lowest BCUT2D eigenvalue weighted by atomic mass is 10.3. The van der Waals surface area contributed by atoms with Gasteiger partial charge in [0.05, 0.1) is 12.4 Å². The van der Waals surface area contributed by atoms with Crippen molar-refractivity contribution in [2.75, 3.05) is 14.2 Å². The zero-order valence-corrected chi connectivity index (χ0v) is 10.8. The molecule has 5 nitrogen and oxygen atoms in total. The molecule has 0 amide bonds. The van der Waals surface area contributed by atoms with Crippen LogP contribution in [-0.2, 0) is 16.6 Å². The lowest BCUT2D eigenvalue weighted by Crippen LogP contribution is -2.29. The van der Waals surface area contributed by atoms with E-state index in [0.717, 1.165) is 18.4 Å². The quantitative estimate of drug-likeness (QED) is 0.789. The zero-order valence-electron chi connectivity index (χ0n) is 9.96. The molecule has 0 unspecified atom stereocenters. The Morgan fingerprint density at radius 1 is 1.53 bits per heavy atom. The Kier molecular flexibility index (Phi) is 3.35. The summed E-state index contributed by atoms with van der Waals surface area (Å²) in [6.07, 6.45) is 3.17. The number of pyridine rings is 1. The first-order valence-electron chi connectivity index (χ1n) is 5.48. The molecule has 1 heterocycles. The maximum Gasteiger partial charge on any atom is 0.217 e. The molecule has 0 aromatic carbocycles. The van der Waals surface area contributed by atoms with Crippen LogP contribution in [0.15, 0.2) is 18.3 Å². The standard InChI is InChI=1S/C11H16N2O3S/c1-13(17(14,15)10-5-6-10)8-9-4-3-7-12-11(9)16-2/h3-4,7,10H,5-6,8H2,1-2H3. The monoisotopic (exact) mass is 256 g/mol. The molecule has 0 spiro atoms. The molecular weight excluding hydrogens is 240 g/mol. The summed E-state index contributed by atoms with van der Waals surface area (Å²) in [5, 5.41) is -0.185. The minimum absolute atomic E-state index is 0.185. The van der Waals surface area contributed by atoms with E-state index in [0.29, 0.717) is 12.4 Å². The van der Waals surface area contributed by atoms with Crippen molar-refractivity contribution in [2.24, 2.45) is 0 Å². The van der Waals surface area contributed by atoms with E-state index in [1.165, 1.54) is 11.4 Å². The van der Waals surface area contributed by atoms with Gasteiger partial charge in [0, 0.05) is 25.4 Å². The highest BCUT2D eigenvalue weighted by atomic mass is 32.2. The molecule has 1 aromatic heterocycles. The maximum absolute atomic E-state index is 12.0. The number of hydrogen-bond acceptors (Lipinski definition) is 4. The van der Waals surface area contributed by atoms with Crippen molar-refractivity contribution in [1.82, 2.24) is 9.29 Å². The first-order chi connectivity index (χ1) is 8.05. The summed E-state index contributed by atoms with van der Waals surface area (Å²) in [5.41, 5.74) is 0.779. The number of sulfonamides is 1. The first-order valence-corrected chi connectivity index (χ1v) is 6.99. The summed E-state index contributed by atoms with van der Waals surface area (Å²) in [6, 6.07) is 3.60. The lowest BCUT2D eigenvalue weighted by molar-refractivity contribution is 0.382. The van der Waals surface area contributed by atoms with Crippen molar-refractivity contribution in [3.63, 3.8) is 0 Å². The highest BCUT2D eigenvalue weighted by Crippen LogP contribution is 2.31. The highest BCUT2D eigenvalue weighted by molar-refractivity contribution is 7.90.